The summed E-state index contributed by atoms with van der Waals surface area (Å²) in [4.78, 5) is 81.4. The molecule has 0 saturated heterocycles. The average molecular weight is 495 g/mol. The summed E-state index contributed by atoms with van der Waals surface area (Å²) >= 11 is 1.55. The molecule has 0 aliphatic carbocycles. The fourth-order valence-corrected chi connectivity index (χ4v) is 3.45. The lowest BCUT2D eigenvalue weighted by Gasteiger charge is -2.13. The molecule has 1 aliphatic rings. The van der Waals surface area contributed by atoms with Crippen LogP contribution in [0, 0.1) is 0 Å². The molecule has 4 N–H and O–H groups in total. The highest BCUT2D eigenvalue weighted by molar-refractivity contribution is 7.99. The number of thioether (sulfide) groups is 1. The van der Waals surface area contributed by atoms with E-state index in [-0.39, 0.29) is 44.2 Å². The van der Waals surface area contributed by atoms with Gasteiger partial charge in [0.2, 0.25) is 23.6 Å². The molecule has 1 aliphatic heterocycles. The van der Waals surface area contributed by atoms with Crippen molar-refractivity contribution in [2.45, 2.75) is 32.1 Å². The Morgan fingerprint density at radius 2 is 1.26 bits per heavy atom. The van der Waals surface area contributed by atoms with Crippen LogP contribution in [-0.4, -0.2) is 91.7 Å². The molecule has 0 fully saturated rings. The first kappa shape index (κ1) is 28.9. The van der Waals surface area contributed by atoms with Gasteiger partial charge in [-0.2, -0.15) is 0 Å². The second-order valence-electron chi connectivity index (χ2n) is 7.41. The molecule has 0 spiro atoms. The number of imide groups is 1. The molecule has 6 amide bonds. The summed E-state index contributed by atoms with van der Waals surface area (Å²) in [6.07, 6.45) is 5.47. The van der Waals surface area contributed by atoms with Crippen molar-refractivity contribution in [3.8, 4) is 0 Å². The largest absolute Gasteiger partial charge is 0.347 e. The van der Waals surface area contributed by atoms with E-state index in [9.17, 15) is 33.6 Å². The number of hydrogen-bond donors (Lipinski definition) is 4. The first-order chi connectivity index (χ1) is 16.2. The van der Waals surface area contributed by atoms with E-state index in [4.69, 9.17) is 0 Å². The van der Waals surface area contributed by atoms with Gasteiger partial charge in [-0.05, 0) is 25.0 Å². The maximum atomic E-state index is 11.7. The van der Waals surface area contributed by atoms with E-state index in [2.05, 4.69) is 21.3 Å². The summed E-state index contributed by atoms with van der Waals surface area (Å²) in [7, 11) is 1.57. The van der Waals surface area contributed by atoms with Gasteiger partial charge in [0.1, 0.15) is 0 Å². The second kappa shape index (κ2) is 16.5. The van der Waals surface area contributed by atoms with Crippen LogP contribution in [-0.2, 0) is 33.6 Å². The number of carbonyl (C=O) groups is 7. The molecule has 0 bridgehead atoms. The van der Waals surface area contributed by atoms with Crippen LogP contribution in [0.25, 0.3) is 0 Å². The Labute approximate surface area is 202 Å². The number of amides is 6. The van der Waals surface area contributed by atoms with Gasteiger partial charge in [0.05, 0.1) is 31.2 Å². The van der Waals surface area contributed by atoms with Crippen molar-refractivity contribution in [3.63, 3.8) is 0 Å². The van der Waals surface area contributed by atoms with Crippen molar-refractivity contribution < 1.29 is 33.6 Å². The lowest BCUT2D eigenvalue weighted by atomic mass is 9.97. The SMILES string of the molecule is BC(=O)CCCCCSCNC(=O)CNC(=O)CNC(=O)CNC(=O)CCN1C(=O)C=CC1=O. The average Bonchev–Trinajstić information content (AvgIpc) is 3.11. The minimum absolute atomic E-state index is 0.0950. The molecule has 34 heavy (non-hydrogen) atoms. The molecular weight excluding hydrogens is 465 g/mol. The maximum Gasteiger partial charge on any atom is 0.253 e. The normalized spacial score (nSPS) is 12.4. The van der Waals surface area contributed by atoms with Crippen LogP contribution in [0.2, 0.25) is 0 Å². The number of carbonyl (C=O) groups excluding carboxylic acids is 7. The fourth-order valence-electron chi connectivity index (χ4n) is 2.64. The lowest BCUT2D eigenvalue weighted by molar-refractivity contribution is -0.137. The van der Waals surface area contributed by atoms with Crippen LogP contribution in [0.3, 0.4) is 0 Å². The summed E-state index contributed by atoms with van der Waals surface area (Å²) in [5, 5.41) is 9.66. The molecule has 0 aromatic heterocycles. The molecule has 0 saturated carbocycles. The van der Waals surface area contributed by atoms with E-state index < -0.39 is 29.5 Å². The Kier molecular flexibility index (Phi) is 14.0. The summed E-state index contributed by atoms with van der Waals surface area (Å²) in [6.45, 7) is -1.06. The number of unbranched alkanes of at least 4 members (excludes halogenated alkanes) is 2. The van der Waals surface area contributed by atoms with E-state index in [0.29, 0.717) is 12.3 Å². The summed E-state index contributed by atoms with van der Waals surface area (Å²) in [5.74, 6) is -1.78. The van der Waals surface area contributed by atoms with Gasteiger partial charge in [-0.15, -0.1) is 11.8 Å². The molecule has 0 radical (unpaired) electrons. The molecule has 1 rings (SSSR count). The van der Waals surface area contributed by atoms with Crippen LogP contribution >= 0.6 is 11.8 Å². The van der Waals surface area contributed by atoms with Crippen LogP contribution in [0.15, 0.2) is 12.2 Å². The second-order valence-corrected chi connectivity index (χ2v) is 8.51. The van der Waals surface area contributed by atoms with Gasteiger partial charge in [0, 0.05) is 25.1 Å². The highest BCUT2D eigenvalue weighted by atomic mass is 32.2. The third kappa shape index (κ3) is 13.4. The predicted octanol–water partition coefficient (Wildman–Crippen LogP) is -2.82. The molecule has 14 heteroatoms. The van der Waals surface area contributed by atoms with Crippen LogP contribution in [0.1, 0.15) is 32.1 Å². The van der Waals surface area contributed by atoms with E-state index in [1.807, 2.05) is 0 Å². The number of rotatable bonds is 17. The molecule has 186 valence electrons. The van der Waals surface area contributed by atoms with Crippen molar-refractivity contribution in [2.75, 3.05) is 37.8 Å². The monoisotopic (exact) mass is 495 g/mol. The Bertz CT molecular complexity index is 803. The van der Waals surface area contributed by atoms with E-state index in [0.717, 1.165) is 42.1 Å². The van der Waals surface area contributed by atoms with Crippen molar-refractivity contribution in [3.05, 3.63) is 12.2 Å². The van der Waals surface area contributed by atoms with Crippen LogP contribution < -0.4 is 21.3 Å². The van der Waals surface area contributed by atoms with Gasteiger partial charge in [0.25, 0.3) is 11.8 Å². The van der Waals surface area contributed by atoms with Gasteiger partial charge in [-0.25, -0.2) is 0 Å². The zero-order valence-corrected chi connectivity index (χ0v) is 20.0. The Morgan fingerprint density at radius 3 is 1.82 bits per heavy atom. The van der Waals surface area contributed by atoms with Gasteiger partial charge in [-0.1, -0.05) is 6.42 Å². The van der Waals surface area contributed by atoms with Gasteiger partial charge in [-0.3, -0.25) is 33.7 Å². The number of nitrogens with zero attached hydrogens (tertiary/aromatic N) is 1. The van der Waals surface area contributed by atoms with Crippen molar-refractivity contribution in [1.82, 2.24) is 26.2 Å². The molecule has 12 nitrogen and oxygen atoms in total. The summed E-state index contributed by atoms with van der Waals surface area (Å²) < 4.78 is 0. The highest BCUT2D eigenvalue weighted by Gasteiger charge is 2.23. The minimum Gasteiger partial charge on any atom is -0.347 e. The Morgan fingerprint density at radius 1 is 0.735 bits per heavy atom. The van der Waals surface area contributed by atoms with Crippen molar-refractivity contribution >= 4 is 60.7 Å². The fraction of sp³-hybridized carbons (Fsp3) is 0.550. The van der Waals surface area contributed by atoms with Crippen LogP contribution in [0.5, 0.6) is 0 Å². The quantitative estimate of drug-likeness (QED) is 0.0724. The number of hydrogen-bond acceptors (Lipinski definition) is 8. The smallest absolute Gasteiger partial charge is 0.253 e. The van der Waals surface area contributed by atoms with Crippen molar-refractivity contribution in [2.24, 2.45) is 0 Å². The lowest BCUT2D eigenvalue weighted by Crippen LogP contribution is -2.44. The van der Waals surface area contributed by atoms with Crippen molar-refractivity contribution in [1.29, 1.82) is 0 Å². The van der Waals surface area contributed by atoms with E-state index in [1.165, 1.54) is 0 Å². The molecular formula is C20H30BN5O7S. The molecule has 0 aromatic rings. The first-order valence-corrected chi connectivity index (χ1v) is 12.0. The van der Waals surface area contributed by atoms with Gasteiger partial charge < -0.3 is 26.1 Å². The van der Waals surface area contributed by atoms with Gasteiger partial charge >= 0.3 is 0 Å². The topological polar surface area (TPSA) is 171 Å². The molecule has 1 heterocycles. The van der Waals surface area contributed by atoms with Crippen LogP contribution in [0.4, 0.5) is 0 Å². The zero-order valence-electron chi connectivity index (χ0n) is 19.1. The summed E-state index contributed by atoms with van der Waals surface area (Å²) in [5.41, 5.74) is 0.189. The maximum absolute atomic E-state index is 11.7. The van der Waals surface area contributed by atoms with E-state index >= 15 is 0 Å². The molecule has 0 atom stereocenters. The Hall–Kier alpha value is -3.16. The molecule has 0 unspecified atom stereocenters. The highest BCUT2D eigenvalue weighted by Crippen LogP contribution is 2.06. The van der Waals surface area contributed by atoms with Gasteiger partial charge in [0.15, 0.2) is 7.85 Å². The predicted molar refractivity (Wildman–Crippen MR) is 127 cm³/mol. The summed E-state index contributed by atoms with van der Waals surface area (Å²) in [6, 6.07) is 0. The zero-order chi connectivity index (χ0) is 25.3. The first-order valence-electron chi connectivity index (χ1n) is 10.9. The van der Waals surface area contributed by atoms with E-state index in [1.54, 1.807) is 19.6 Å². The Balaban J connectivity index is 2.02. The minimum atomic E-state index is -0.609. The third-order valence-corrected chi connectivity index (χ3v) is 5.42. The standard InChI is InChI=1S/C20H30BN5O7S/c21-14(27)4-2-1-3-9-34-13-25-18(31)12-24-17(30)11-23-16(29)10-22-15(28)7-8-26-19(32)5-6-20(26)33/h5-6H,1-4,7-13,21H2,(H,22,28)(H,23,29)(H,24,30)(H,25,31). The molecule has 0 aromatic carbocycles. The third-order valence-electron chi connectivity index (χ3n) is 4.49. The number of nitrogens with one attached hydrogen (secondary N) is 4.